The van der Waals surface area contributed by atoms with Crippen molar-refractivity contribution >= 4 is 17.7 Å². The van der Waals surface area contributed by atoms with E-state index in [0.717, 1.165) is 31.5 Å². The van der Waals surface area contributed by atoms with E-state index in [9.17, 15) is 4.79 Å². The summed E-state index contributed by atoms with van der Waals surface area (Å²) in [5.74, 6) is 7.58. The number of nitrogens with two attached hydrogens (primary N) is 1. The Balaban J connectivity index is 1.68. The molecule has 1 aliphatic rings. The summed E-state index contributed by atoms with van der Waals surface area (Å²) in [5, 5.41) is 8.64. The van der Waals surface area contributed by atoms with E-state index in [1.165, 1.54) is 16.4 Å². The van der Waals surface area contributed by atoms with Crippen LogP contribution in [0.4, 0.5) is 0 Å². The molecule has 1 amide bonds. The number of piperidine rings is 1. The first-order chi connectivity index (χ1) is 11.6. The second kappa shape index (κ2) is 7.25. The van der Waals surface area contributed by atoms with Crippen LogP contribution in [-0.2, 0) is 4.79 Å². The first-order valence-electron chi connectivity index (χ1n) is 8.27. The highest BCUT2D eigenvalue weighted by Gasteiger charge is 2.26. The van der Waals surface area contributed by atoms with Crippen molar-refractivity contribution < 1.29 is 4.79 Å². The van der Waals surface area contributed by atoms with Gasteiger partial charge in [0.2, 0.25) is 11.1 Å². The van der Waals surface area contributed by atoms with Gasteiger partial charge in [0, 0.05) is 18.7 Å². The molecule has 2 N–H and O–H groups in total. The van der Waals surface area contributed by atoms with Crippen LogP contribution in [0.25, 0.3) is 11.4 Å². The molecule has 24 heavy (non-hydrogen) atoms. The Labute approximate surface area is 146 Å². The number of hydrogen-bond donors (Lipinski definition) is 1. The summed E-state index contributed by atoms with van der Waals surface area (Å²) >= 11 is 1.36. The van der Waals surface area contributed by atoms with Gasteiger partial charge in [0.05, 0.1) is 5.25 Å². The van der Waals surface area contributed by atoms with Crippen molar-refractivity contribution in [1.82, 2.24) is 19.8 Å². The van der Waals surface area contributed by atoms with Crippen molar-refractivity contribution in [3.8, 4) is 11.4 Å². The van der Waals surface area contributed by atoms with Gasteiger partial charge in [-0.3, -0.25) is 4.79 Å². The maximum Gasteiger partial charge on any atom is 0.235 e. The lowest BCUT2D eigenvalue weighted by molar-refractivity contribution is -0.131. The van der Waals surface area contributed by atoms with E-state index < -0.39 is 0 Å². The first-order valence-corrected chi connectivity index (χ1v) is 9.15. The average molecular weight is 345 g/mol. The molecule has 0 spiro atoms. The molecule has 0 bridgehead atoms. The average Bonchev–Trinajstić information content (AvgIpc) is 2.96. The summed E-state index contributed by atoms with van der Waals surface area (Å²) in [6, 6.07) is 9.67. The van der Waals surface area contributed by atoms with Gasteiger partial charge < -0.3 is 10.7 Å². The Bertz CT molecular complexity index is 694. The van der Waals surface area contributed by atoms with E-state index in [1.54, 1.807) is 0 Å². The lowest BCUT2D eigenvalue weighted by atomic mass is 9.99. The smallest absolute Gasteiger partial charge is 0.235 e. The third kappa shape index (κ3) is 3.56. The summed E-state index contributed by atoms with van der Waals surface area (Å²) in [6.45, 7) is 5.83. The number of likely N-dealkylation sites (tertiary alicyclic amines) is 1. The van der Waals surface area contributed by atoms with Crippen LogP contribution in [0.15, 0.2) is 35.5 Å². The Morgan fingerprint density at radius 2 is 1.92 bits per heavy atom. The Kier molecular flexibility index (Phi) is 5.08. The number of aromatic nitrogens is 3. The molecular weight excluding hydrogens is 322 g/mol. The van der Waals surface area contributed by atoms with Gasteiger partial charge in [0.1, 0.15) is 0 Å². The van der Waals surface area contributed by atoms with Gasteiger partial charge in [-0.1, -0.05) is 49.0 Å². The predicted molar refractivity (Wildman–Crippen MR) is 95.9 cm³/mol. The van der Waals surface area contributed by atoms with Crippen molar-refractivity contribution in [2.45, 2.75) is 37.1 Å². The SMILES string of the molecule is CC1CCN(C(=O)C(C)Sc2nnc(-c3ccccc3)n2N)CC1. The van der Waals surface area contributed by atoms with Crippen molar-refractivity contribution in [3.05, 3.63) is 30.3 Å². The zero-order valence-corrected chi connectivity index (χ0v) is 14.9. The van der Waals surface area contributed by atoms with Crippen LogP contribution in [0.3, 0.4) is 0 Å². The number of hydrogen-bond acceptors (Lipinski definition) is 5. The second-order valence-corrected chi connectivity index (χ2v) is 7.62. The molecule has 0 aliphatic carbocycles. The number of rotatable bonds is 4. The first kappa shape index (κ1) is 16.8. The van der Waals surface area contributed by atoms with Gasteiger partial charge in [-0.15, -0.1) is 10.2 Å². The molecule has 6 nitrogen and oxygen atoms in total. The molecule has 1 saturated heterocycles. The predicted octanol–water partition coefficient (Wildman–Crippen LogP) is 2.40. The minimum atomic E-state index is -0.228. The number of amides is 1. The second-order valence-electron chi connectivity index (χ2n) is 6.31. The highest BCUT2D eigenvalue weighted by molar-refractivity contribution is 8.00. The maximum absolute atomic E-state index is 12.6. The number of thioether (sulfide) groups is 1. The molecule has 2 aromatic rings. The van der Waals surface area contributed by atoms with Crippen LogP contribution < -0.4 is 5.84 Å². The van der Waals surface area contributed by atoms with Crippen molar-refractivity contribution in [1.29, 1.82) is 0 Å². The van der Waals surface area contributed by atoms with Crippen molar-refractivity contribution in [2.24, 2.45) is 5.92 Å². The van der Waals surface area contributed by atoms with Crippen LogP contribution in [0.5, 0.6) is 0 Å². The lowest BCUT2D eigenvalue weighted by Crippen LogP contribution is -2.41. The zero-order chi connectivity index (χ0) is 17.1. The maximum atomic E-state index is 12.6. The quantitative estimate of drug-likeness (QED) is 0.680. The number of nitrogens with zero attached hydrogens (tertiary/aromatic N) is 4. The van der Waals surface area contributed by atoms with E-state index in [1.807, 2.05) is 42.2 Å². The van der Waals surface area contributed by atoms with Gasteiger partial charge in [-0.05, 0) is 25.7 Å². The number of benzene rings is 1. The topological polar surface area (TPSA) is 77.0 Å². The summed E-state index contributed by atoms with van der Waals surface area (Å²) in [4.78, 5) is 14.6. The molecule has 1 atom stereocenters. The van der Waals surface area contributed by atoms with Gasteiger partial charge >= 0.3 is 0 Å². The van der Waals surface area contributed by atoms with Crippen LogP contribution in [0, 0.1) is 5.92 Å². The van der Waals surface area contributed by atoms with Crippen LogP contribution >= 0.6 is 11.8 Å². The normalized spacial score (nSPS) is 17.0. The minimum absolute atomic E-state index is 0.149. The monoisotopic (exact) mass is 345 g/mol. The van der Waals surface area contributed by atoms with E-state index in [2.05, 4.69) is 17.1 Å². The van der Waals surface area contributed by atoms with E-state index in [-0.39, 0.29) is 11.2 Å². The van der Waals surface area contributed by atoms with E-state index >= 15 is 0 Å². The minimum Gasteiger partial charge on any atom is -0.342 e. The molecule has 0 radical (unpaired) electrons. The summed E-state index contributed by atoms with van der Waals surface area (Å²) < 4.78 is 1.46. The fraction of sp³-hybridized carbons (Fsp3) is 0.471. The van der Waals surface area contributed by atoms with Crippen molar-refractivity contribution in [3.63, 3.8) is 0 Å². The molecule has 1 aromatic heterocycles. The van der Waals surface area contributed by atoms with Crippen LogP contribution in [0.1, 0.15) is 26.7 Å². The third-order valence-corrected chi connectivity index (χ3v) is 5.47. The molecular formula is C17H23N5OS. The number of nitrogen functional groups attached to an aromatic ring is 1. The molecule has 1 unspecified atom stereocenters. The summed E-state index contributed by atoms with van der Waals surface area (Å²) in [5.41, 5.74) is 0.906. The molecule has 2 heterocycles. The molecule has 1 aromatic carbocycles. The van der Waals surface area contributed by atoms with Gasteiger partial charge in [-0.2, -0.15) is 0 Å². The molecule has 1 fully saturated rings. The molecule has 7 heteroatoms. The Morgan fingerprint density at radius 1 is 1.25 bits per heavy atom. The van der Waals surface area contributed by atoms with Gasteiger partial charge in [-0.25, -0.2) is 4.68 Å². The Morgan fingerprint density at radius 3 is 2.58 bits per heavy atom. The fourth-order valence-corrected chi connectivity index (χ4v) is 3.69. The van der Waals surface area contributed by atoms with E-state index in [4.69, 9.17) is 5.84 Å². The van der Waals surface area contributed by atoms with Gasteiger partial charge in [0.25, 0.3) is 0 Å². The highest BCUT2D eigenvalue weighted by atomic mass is 32.2. The number of carbonyl (C=O) groups is 1. The van der Waals surface area contributed by atoms with Crippen LogP contribution in [0.2, 0.25) is 0 Å². The zero-order valence-electron chi connectivity index (χ0n) is 14.1. The molecule has 1 aliphatic heterocycles. The van der Waals surface area contributed by atoms with Crippen molar-refractivity contribution in [2.75, 3.05) is 18.9 Å². The highest BCUT2D eigenvalue weighted by Crippen LogP contribution is 2.26. The number of carbonyl (C=O) groups excluding carboxylic acids is 1. The Hall–Kier alpha value is -2.02. The lowest BCUT2D eigenvalue weighted by Gasteiger charge is -2.31. The summed E-state index contributed by atoms with van der Waals surface area (Å²) in [7, 11) is 0. The molecule has 0 saturated carbocycles. The van der Waals surface area contributed by atoms with Crippen LogP contribution in [-0.4, -0.2) is 44.0 Å². The summed E-state index contributed by atoms with van der Waals surface area (Å²) in [6.07, 6.45) is 2.16. The molecule has 128 valence electrons. The van der Waals surface area contributed by atoms with Gasteiger partial charge in [0.15, 0.2) is 5.82 Å². The fourth-order valence-electron chi connectivity index (χ4n) is 2.84. The molecule has 3 rings (SSSR count). The standard InChI is InChI=1S/C17H23N5OS/c1-12-8-10-21(11-9-12)16(23)13(2)24-17-20-19-15(22(17)18)14-6-4-3-5-7-14/h3-7,12-13H,8-11,18H2,1-2H3. The largest absolute Gasteiger partial charge is 0.342 e. The third-order valence-electron chi connectivity index (χ3n) is 4.42. The van der Waals surface area contributed by atoms with E-state index in [0.29, 0.717) is 16.9 Å².